The Kier molecular flexibility index (Phi) is 6.24. The van der Waals surface area contributed by atoms with E-state index in [4.69, 9.17) is 5.73 Å². The fourth-order valence-electron chi connectivity index (χ4n) is 3.58. The van der Waals surface area contributed by atoms with Crippen LogP contribution in [0.25, 0.3) is 6.08 Å². The number of anilines is 2. The summed E-state index contributed by atoms with van der Waals surface area (Å²) >= 11 is 0. The Labute approximate surface area is 187 Å². The number of nitrogens with one attached hydrogen (secondary N) is 1. The van der Waals surface area contributed by atoms with Crippen molar-refractivity contribution in [2.75, 3.05) is 10.2 Å². The molecule has 0 bridgehead atoms. The molecular formula is C26H24N4O2. The van der Waals surface area contributed by atoms with Gasteiger partial charge in [0.15, 0.2) is 0 Å². The number of amides is 2. The van der Waals surface area contributed by atoms with Crippen LogP contribution in [0.1, 0.15) is 18.1 Å². The Morgan fingerprint density at radius 2 is 1.62 bits per heavy atom. The largest absolute Gasteiger partial charge is 0.323 e. The molecule has 32 heavy (non-hydrogen) atoms. The highest BCUT2D eigenvalue weighted by Gasteiger charge is 2.31. The second-order valence-corrected chi connectivity index (χ2v) is 7.54. The van der Waals surface area contributed by atoms with E-state index < -0.39 is 6.04 Å². The number of para-hydroxylation sites is 2. The van der Waals surface area contributed by atoms with Gasteiger partial charge in [0.1, 0.15) is 11.5 Å². The standard InChI is InChI=1S/C26H24N4O2/c1-18-28-23(17-20-12-6-3-7-13-20)26(32)30(18)24-15-9-8-14-22(24)29-25(31)21(27)16-19-10-4-2-5-11-19/h2-15,17,21H,16,27H2,1H3,(H,29,31)/b23-17-. The van der Waals surface area contributed by atoms with Crippen LogP contribution in [0.3, 0.4) is 0 Å². The second kappa shape index (κ2) is 9.41. The SMILES string of the molecule is CC1=N/C(=C\c2ccccc2)C(=O)N1c1ccccc1NC(=O)C(N)Cc1ccccc1. The molecule has 160 valence electrons. The summed E-state index contributed by atoms with van der Waals surface area (Å²) in [7, 11) is 0. The van der Waals surface area contributed by atoms with E-state index in [1.54, 1.807) is 31.2 Å². The quantitative estimate of drug-likeness (QED) is 0.586. The molecule has 1 aliphatic rings. The van der Waals surface area contributed by atoms with Crippen LogP contribution in [-0.4, -0.2) is 23.7 Å². The zero-order valence-electron chi connectivity index (χ0n) is 17.7. The molecule has 6 heteroatoms. The summed E-state index contributed by atoms with van der Waals surface area (Å²) in [6, 6.07) is 25.6. The van der Waals surface area contributed by atoms with Crippen LogP contribution in [0, 0.1) is 0 Å². The van der Waals surface area contributed by atoms with Gasteiger partial charge in [-0.25, -0.2) is 4.99 Å². The number of hydrogen-bond acceptors (Lipinski definition) is 4. The molecule has 3 N–H and O–H groups in total. The lowest BCUT2D eigenvalue weighted by atomic mass is 10.1. The third-order valence-corrected chi connectivity index (χ3v) is 5.17. The molecule has 0 radical (unpaired) electrons. The maximum Gasteiger partial charge on any atom is 0.282 e. The summed E-state index contributed by atoms with van der Waals surface area (Å²) in [4.78, 5) is 31.9. The van der Waals surface area contributed by atoms with Crippen molar-refractivity contribution in [3.8, 4) is 0 Å². The van der Waals surface area contributed by atoms with E-state index in [0.29, 0.717) is 29.3 Å². The van der Waals surface area contributed by atoms with E-state index >= 15 is 0 Å². The summed E-state index contributed by atoms with van der Waals surface area (Å²) in [5, 5.41) is 2.88. The van der Waals surface area contributed by atoms with Gasteiger partial charge in [-0.05, 0) is 42.7 Å². The van der Waals surface area contributed by atoms with E-state index in [-0.39, 0.29) is 11.8 Å². The second-order valence-electron chi connectivity index (χ2n) is 7.54. The molecule has 0 fully saturated rings. The van der Waals surface area contributed by atoms with Crippen LogP contribution in [0.5, 0.6) is 0 Å². The summed E-state index contributed by atoms with van der Waals surface area (Å²) < 4.78 is 0. The summed E-state index contributed by atoms with van der Waals surface area (Å²) in [5.41, 5.74) is 9.41. The lowest BCUT2D eigenvalue weighted by Gasteiger charge is -2.21. The molecular weight excluding hydrogens is 400 g/mol. The average molecular weight is 425 g/mol. The van der Waals surface area contributed by atoms with Gasteiger partial charge in [0.05, 0.1) is 17.4 Å². The Morgan fingerprint density at radius 1 is 1.00 bits per heavy atom. The van der Waals surface area contributed by atoms with E-state index in [9.17, 15) is 9.59 Å². The van der Waals surface area contributed by atoms with Crippen molar-refractivity contribution in [2.24, 2.45) is 10.7 Å². The number of amidine groups is 1. The van der Waals surface area contributed by atoms with Gasteiger partial charge in [-0.15, -0.1) is 0 Å². The van der Waals surface area contributed by atoms with Crippen molar-refractivity contribution >= 4 is 35.1 Å². The number of benzene rings is 3. The predicted octanol–water partition coefficient (Wildman–Crippen LogP) is 4.00. The van der Waals surface area contributed by atoms with Crippen LogP contribution in [0.2, 0.25) is 0 Å². The minimum absolute atomic E-state index is 0.248. The average Bonchev–Trinajstić information content (AvgIpc) is 3.08. The van der Waals surface area contributed by atoms with Gasteiger partial charge in [0.2, 0.25) is 5.91 Å². The van der Waals surface area contributed by atoms with Crippen LogP contribution < -0.4 is 16.0 Å². The van der Waals surface area contributed by atoms with Crippen molar-refractivity contribution in [1.82, 2.24) is 0 Å². The van der Waals surface area contributed by atoms with E-state index in [2.05, 4.69) is 10.3 Å². The van der Waals surface area contributed by atoms with E-state index in [1.807, 2.05) is 66.7 Å². The number of rotatable bonds is 6. The third-order valence-electron chi connectivity index (χ3n) is 5.17. The van der Waals surface area contributed by atoms with Gasteiger partial charge < -0.3 is 11.1 Å². The van der Waals surface area contributed by atoms with E-state index in [0.717, 1.165) is 11.1 Å². The number of nitrogens with two attached hydrogens (primary N) is 1. The molecule has 0 saturated heterocycles. The van der Waals surface area contributed by atoms with Gasteiger partial charge in [-0.2, -0.15) is 0 Å². The van der Waals surface area contributed by atoms with Crippen molar-refractivity contribution in [1.29, 1.82) is 0 Å². The van der Waals surface area contributed by atoms with Gasteiger partial charge in [-0.1, -0.05) is 72.8 Å². The van der Waals surface area contributed by atoms with Crippen molar-refractivity contribution < 1.29 is 9.59 Å². The molecule has 0 aliphatic carbocycles. The molecule has 4 rings (SSSR count). The lowest BCUT2D eigenvalue weighted by Crippen LogP contribution is -2.38. The molecule has 0 saturated carbocycles. The highest BCUT2D eigenvalue weighted by molar-refractivity contribution is 6.29. The molecule has 1 atom stereocenters. The summed E-state index contributed by atoms with van der Waals surface area (Å²) in [5.74, 6) is -0.0308. The van der Waals surface area contributed by atoms with Gasteiger partial charge >= 0.3 is 0 Å². The maximum absolute atomic E-state index is 13.1. The Balaban J connectivity index is 1.54. The third kappa shape index (κ3) is 4.66. The molecule has 0 aromatic heterocycles. The highest BCUT2D eigenvalue weighted by Crippen LogP contribution is 2.31. The molecule has 3 aromatic carbocycles. The highest BCUT2D eigenvalue weighted by atomic mass is 16.2. The fraction of sp³-hybridized carbons (Fsp3) is 0.115. The Morgan fingerprint density at radius 3 is 2.34 bits per heavy atom. The van der Waals surface area contributed by atoms with Crippen LogP contribution >= 0.6 is 0 Å². The van der Waals surface area contributed by atoms with Crippen molar-refractivity contribution in [3.63, 3.8) is 0 Å². The molecule has 6 nitrogen and oxygen atoms in total. The van der Waals surface area contributed by atoms with E-state index in [1.165, 1.54) is 4.90 Å². The van der Waals surface area contributed by atoms with Gasteiger partial charge in [0.25, 0.3) is 5.91 Å². The van der Waals surface area contributed by atoms with Gasteiger partial charge in [0, 0.05) is 0 Å². The Hall–Kier alpha value is -4.03. The van der Waals surface area contributed by atoms with Crippen LogP contribution in [0.4, 0.5) is 11.4 Å². The molecule has 1 heterocycles. The molecule has 1 unspecified atom stereocenters. The first kappa shape index (κ1) is 21.2. The fourth-order valence-corrected chi connectivity index (χ4v) is 3.58. The number of aliphatic imine (C=N–C) groups is 1. The van der Waals surface area contributed by atoms with Crippen molar-refractivity contribution in [2.45, 2.75) is 19.4 Å². The monoisotopic (exact) mass is 424 g/mol. The molecule has 3 aromatic rings. The minimum atomic E-state index is -0.719. The summed E-state index contributed by atoms with van der Waals surface area (Å²) in [6.07, 6.45) is 2.17. The zero-order chi connectivity index (χ0) is 22.5. The molecule has 2 amide bonds. The number of nitrogens with zero attached hydrogens (tertiary/aromatic N) is 2. The summed E-state index contributed by atoms with van der Waals surface area (Å²) in [6.45, 7) is 1.77. The first-order chi connectivity index (χ1) is 15.5. The Bertz CT molecular complexity index is 1190. The normalized spacial score (nSPS) is 15.6. The smallest absolute Gasteiger partial charge is 0.282 e. The predicted molar refractivity (Wildman–Crippen MR) is 128 cm³/mol. The van der Waals surface area contributed by atoms with Gasteiger partial charge in [-0.3, -0.25) is 14.5 Å². The minimum Gasteiger partial charge on any atom is -0.323 e. The van der Waals surface area contributed by atoms with Crippen molar-refractivity contribution in [3.05, 3.63) is 102 Å². The maximum atomic E-state index is 13.1. The topological polar surface area (TPSA) is 87.8 Å². The zero-order valence-corrected chi connectivity index (χ0v) is 17.7. The van der Waals surface area contributed by atoms with Crippen LogP contribution in [0.15, 0.2) is 95.6 Å². The molecule has 0 spiro atoms. The lowest BCUT2D eigenvalue weighted by molar-refractivity contribution is -0.117. The molecule has 1 aliphatic heterocycles. The number of hydrogen-bond donors (Lipinski definition) is 2. The first-order valence-electron chi connectivity index (χ1n) is 10.4. The number of carbonyl (C=O) groups excluding carboxylic acids is 2. The first-order valence-corrected chi connectivity index (χ1v) is 10.4. The number of carbonyl (C=O) groups is 2. The van der Waals surface area contributed by atoms with Crippen LogP contribution in [-0.2, 0) is 16.0 Å².